The van der Waals surface area contributed by atoms with E-state index in [1.54, 1.807) is 4.90 Å². The average molecular weight is 422 g/mol. The molecule has 1 aliphatic heterocycles. The van der Waals surface area contributed by atoms with Crippen LogP contribution in [0.25, 0.3) is 0 Å². The Morgan fingerprint density at radius 2 is 1.83 bits per heavy atom. The molecule has 8 nitrogen and oxygen atoms in total. The molecular formula is C22H35N3O5. The van der Waals surface area contributed by atoms with Crippen LogP contribution in [0.4, 0.5) is 0 Å². The van der Waals surface area contributed by atoms with Crippen molar-refractivity contribution >= 4 is 11.8 Å². The summed E-state index contributed by atoms with van der Waals surface area (Å²) in [7, 11) is 0. The van der Waals surface area contributed by atoms with E-state index in [2.05, 4.69) is 22.3 Å². The minimum atomic E-state index is -0.546. The summed E-state index contributed by atoms with van der Waals surface area (Å²) < 4.78 is 5.87. The highest BCUT2D eigenvalue weighted by atomic mass is 16.5. The summed E-state index contributed by atoms with van der Waals surface area (Å²) in [5, 5.41) is 20.4. The zero-order chi connectivity index (χ0) is 21.6. The molecule has 0 radical (unpaired) electrons. The maximum Gasteiger partial charge on any atom is 0.248 e. The van der Waals surface area contributed by atoms with Gasteiger partial charge in [0.25, 0.3) is 0 Å². The molecule has 168 valence electrons. The van der Waals surface area contributed by atoms with Crippen LogP contribution in [-0.4, -0.2) is 84.4 Å². The first kappa shape index (κ1) is 24.1. The van der Waals surface area contributed by atoms with Crippen molar-refractivity contribution in [1.29, 1.82) is 0 Å². The summed E-state index contributed by atoms with van der Waals surface area (Å²) in [5.74, 6) is 0.0502. The van der Waals surface area contributed by atoms with Crippen molar-refractivity contribution in [3.8, 4) is 5.75 Å². The highest BCUT2D eigenvalue weighted by Crippen LogP contribution is 2.17. The van der Waals surface area contributed by atoms with Crippen LogP contribution in [0.3, 0.4) is 0 Å². The maximum atomic E-state index is 11.9. The largest absolute Gasteiger partial charge is 0.494 e. The van der Waals surface area contributed by atoms with Gasteiger partial charge in [-0.3, -0.25) is 14.5 Å². The van der Waals surface area contributed by atoms with Crippen LogP contribution >= 0.6 is 0 Å². The van der Waals surface area contributed by atoms with Gasteiger partial charge in [0.2, 0.25) is 11.8 Å². The number of nitrogens with one attached hydrogen (secondary N) is 1. The van der Waals surface area contributed by atoms with E-state index in [1.807, 2.05) is 12.1 Å². The number of carbonyl (C=O) groups is 2. The number of aliphatic hydroxyl groups excluding tert-OH is 2. The second-order valence-corrected chi connectivity index (χ2v) is 7.59. The molecule has 1 heterocycles. The molecule has 0 bridgehead atoms. The van der Waals surface area contributed by atoms with Gasteiger partial charge >= 0.3 is 0 Å². The summed E-state index contributed by atoms with van der Waals surface area (Å²) in [6, 6.07) is 8.16. The van der Waals surface area contributed by atoms with Crippen molar-refractivity contribution < 1.29 is 24.5 Å². The highest BCUT2D eigenvalue weighted by Gasteiger charge is 2.13. The molecule has 0 unspecified atom stereocenters. The Morgan fingerprint density at radius 1 is 1.07 bits per heavy atom. The Kier molecular flexibility index (Phi) is 11.2. The van der Waals surface area contributed by atoms with Gasteiger partial charge in [-0.1, -0.05) is 18.6 Å². The molecular weight excluding hydrogens is 386 g/mol. The number of hydrogen-bond donors (Lipinski definition) is 3. The van der Waals surface area contributed by atoms with Gasteiger partial charge in [-0.25, -0.2) is 0 Å². The summed E-state index contributed by atoms with van der Waals surface area (Å²) in [5.41, 5.74) is 1.25. The molecule has 30 heavy (non-hydrogen) atoms. The fourth-order valence-electron chi connectivity index (χ4n) is 3.57. The third-order valence-corrected chi connectivity index (χ3v) is 5.15. The van der Waals surface area contributed by atoms with E-state index in [4.69, 9.17) is 14.9 Å². The van der Waals surface area contributed by atoms with Crippen LogP contribution in [0.2, 0.25) is 0 Å². The van der Waals surface area contributed by atoms with E-state index in [9.17, 15) is 9.59 Å². The summed E-state index contributed by atoms with van der Waals surface area (Å²) >= 11 is 0. The molecule has 2 rings (SSSR count). The molecule has 2 amide bonds. The smallest absolute Gasteiger partial charge is 0.248 e. The molecule has 0 spiro atoms. The van der Waals surface area contributed by atoms with Crippen LogP contribution in [-0.2, 0) is 16.1 Å². The molecule has 0 atom stereocenters. The lowest BCUT2D eigenvalue weighted by molar-refractivity contribution is -0.134. The van der Waals surface area contributed by atoms with Gasteiger partial charge in [0, 0.05) is 26.2 Å². The minimum absolute atomic E-state index is 0.341. The summed E-state index contributed by atoms with van der Waals surface area (Å²) in [6.07, 6.45) is 5.06. The van der Waals surface area contributed by atoms with Crippen molar-refractivity contribution in [2.24, 2.45) is 0 Å². The monoisotopic (exact) mass is 421 g/mol. The molecule has 1 aromatic rings. The van der Waals surface area contributed by atoms with E-state index in [0.29, 0.717) is 39.1 Å². The Labute approximate surface area is 178 Å². The molecule has 0 saturated carbocycles. The lowest BCUT2D eigenvalue weighted by Crippen LogP contribution is -2.37. The quantitative estimate of drug-likeness (QED) is 0.407. The number of rotatable bonds is 13. The number of aliphatic hydroxyl groups is 2. The van der Waals surface area contributed by atoms with Gasteiger partial charge in [0.05, 0.1) is 6.61 Å². The number of amides is 2. The Hall–Kier alpha value is -2.16. The predicted molar refractivity (Wildman–Crippen MR) is 114 cm³/mol. The van der Waals surface area contributed by atoms with Gasteiger partial charge in [-0.05, 0) is 56.5 Å². The Balaban J connectivity index is 1.71. The van der Waals surface area contributed by atoms with Crippen LogP contribution in [0, 0.1) is 0 Å². The van der Waals surface area contributed by atoms with Crippen LogP contribution in [0.1, 0.15) is 37.7 Å². The third kappa shape index (κ3) is 9.11. The van der Waals surface area contributed by atoms with E-state index in [1.165, 1.54) is 24.8 Å². The Bertz CT molecular complexity index is 649. The van der Waals surface area contributed by atoms with Crippen LogP contribution in [0.5, 0.6) is 5.75 Å². The van der Waals surface area contributed by atoms with Crippen molar-refractivity contribution in [1.82, 2.24) is 15.1 Å². The first-order chi connectivity index (χ1) is 14.6. The van der Waals surface area contributed by atoms with E-state index in [0.717, 1.165) is 25.4 Å². The molecule has 1 saturated heterocycles. The number of nitrogens with zero attached hydrogens (tertiary/aromatic N) is 2. The van der Waals surface area contributed by atoms with Crippen molar-refractivity contribution in [2.75, 3.05) is 52.5 Å². The molecule has 8 heteroatoms. The van der Waals surface area contributed by atoms with Gasteiger partial charge in [0.15, 0.2) is 0 Å². The van der Waals surface area contributed by atoms with Crippen LogP contribution in [0.15, 0.2) is 24.3 Å². The number of piperidine rings is 1. The molecule has 1 fully saturated rings. The average Bonchev–Trinajstić information content (AvgIpc) is 2.78. The van der Waals surface area contributed by atoms with Crippen molar-refractivity contribution in [2.45, 2.75) is 38.6 Å². The van der Waals surface area contributed by atoms with E-state index in [-0.39, 0.29) is 5.91 Å². The normalized spacial score (nSPS) is 14.3. The fourth-order valence-corrected chi connectivity index (χ4v) is 3.57. The summed E-state index contributed by atoms with van der Waals surface area (Å²) in [6.45, 7) is 3.92. The fraction of sp³-hybridized carbons (Fsp3) is 0.636. The van der Waals surface area contributed by atoms with Gasteiger partial charge < -0.3 is 25.2 Å². The standard InChI is InChI=1S/C22H35N3O5/c26-17-21(28)23-9-5-12-25(22(29)18-27)13-6-14-30-20-8-4-7-19(15-20)16-24-10-2-1-3-11-24/h4,7-8,15,26-27H,1-3,5-6,9-14,16-18H2,(H,23,28). The Morgan fingerprint density at radius 3 is 2.57 bits per heavy atom. The van der Waals surface area contributed by atoms with Crippen molar-refractivity contribution in [3.05, 3.63) is 29.8 Å². The van der Waals surface area contributed by atoms with E-state index < -0.39 is 19.1 Å². The number of carbonyl (C=O) groups excluding carboxylic acids is 2. The number of benzene rings is 1. The molecule has 0 aliphatic carbocycles. The SMILES string of the molecule is O=C(CO)NCCCN(CCCOc1cccc(CN2CCCCC2)c1)C(=O)CO. The van der Waals surface area contributed by atoms with E-state index >= 15 is 0 Å². The lowest BCUT2D eigenvalue weighted by Gasteiger charge is -2.26. The topological polar surface area (TPSA) is 102 Å². The second-order valence-electron chi connectivity index (χ2n) is 7.59. The number of likely N-dealkylation sites (tertiary alicyclic amines) is 1. The molecule has 1 aromatic carbocycles. The third-order valence-electron chi connectivity index (χ3n) is 5.15. The maximum absolute atomic E-state index is 11.9. The zero-order valence-corrected chi connectivity index (χ0v) is 17.7. The van der Waals surface area contributed by atoms with Gasteiger partial charge in [-0.2, -0.15) is 0 Å². The lowest BCUT2D eigenvalue weighted by atomic mass is 10.1. The second kappa shape index (κ2) is 14.0. The van der Waals surface area contributed by atoms with Crippen LogP contribution < -0.4 is 10.1 Å². The molecule has 3 N–H and O–H groups in total. The molecule has 1 aliphatic rings. The number of hydrogen-bond acceptors (Lipinski definition) is 6. The number of ether oxygens (including phenoxy) is 1. The highest BCUT2D eigenvalue weighted by molar-refractivity contribution is 5.77. The first-order valence-electron chi connectivity index (χ1n) is 10.8. The molecule has 0 aromatic heterocycles. The predicted octanol–water partition coefficient (Wildman–Crippen LogP) is 0.761. The van der Waals surface area contributed by atoms with Gasteiger partial charge in [0.1, 0.15) is 19.0 Å². The zero-order valence-electron chi connectivity index (χ0n) is 17.7. The van der Waals surface area contributed by atoms with Gasteiger partial charge in [-0.15, -0.1) is 0 Å². The first-order valence-corrected chi connectivity index (χ1v) is 10.8. The van der Waals surface area contributed by atoms with Crippen molar-refractivity contribution in [3.63, 3.8) is 0 Å². The minimum Gasteiger partial charge on any atom is -0.494 e. The summed E-state index contributed by atoms with van der Waals surface area (Å²) in [4.78, 5) is 27.0.